The minimum Gasteiger partial charge on any atom is -0.390 e. The van der Waals surface area contributed by atoms with Crippen molar-refractivity contribution in [3.8, 4) is 0 Å². The molecule has 4 unspecified atom stereocenters. The average molecular weight is 763 g/mol. The number of aliphatic hydroxyl groups excluding tert-OH is 3. The summed E-state index contributed by atoms with van der Waals surface area (Å²) < 4.78 is 16.5. The van der Waals surface area contributed by atoms with Crippen LogP contribution in [0.3, 0.4) is 0 Å². The van der Waals surface area contributed by atoms with Gasteiger partial charge in [0.25, 0.3) is 0 Å². The predicted octanol–water partition coefficient (Wildman–Crippen LogP) is -1.81. The number of nitrogens with one attached hydrogen (secondary N) is 3. The second kappa shape index (κ2) is 32.2. The van der Waals surface area contributed by atoms with Crippen LogP contribution in [0, 0.1) is 5.92 Å². The van der Waals surface area contributed by atoms with Crippen LogP contribution in [0.15, 0.2) is 0 Å². The van der Waals surface area contributed by atoms with E-state index < -0.39 is 35.9 Å². The molecular formula is C32H74N4O12Si2. The van der Waals surface area contributed by atoms with E-state index in [9.17, 15) is 15.3 Å². The summed E-state index contributed by atoms with van der Waals surface area (Å²) in [5, 5.41) is 40.8. The maximum atomic E-state index is 10.7. The number of rotatable bonds is 38. The molecule has 18 heteroatoms. The molecule has 16 nitrogen and oxygen atoms in total. The molecule has 0 aliphatic carbocycles. The summed E-state index contributed by atoms with van der Waals surface area (Å²) in [4.78, 5) is 56.2. The number of ether oxygens (including phenoxy) is 3. The molecule has 0 aromatic carbocycles. The van der Waals surface area contributed by atoms with Gasteiger partial charge >= 0.3 is 17.6 Å². The highest BCUT2D eigenvalue weighted by molar-refractivity contribution is 6.56. The van der Waals surface area contributed by atoms with Crippen molar-refractivity contribution < 1.29 is 58.3 Å². The van der Waals surface area contributed by atoms with Crippen molar-refractivity contribution in [2.75, 3.05) is 98.5 Å². The van der Waals surface area contributed by atoms with Crippen LogP contribution < -0.4 is 16.0 Å². The fraction of sp³-hybridized carbons (Fsp3) is 1.00. The summed E-state index contributed by atoms with van der Waals surface area (Å²) in [5.74, 6) is 0.516. The van der Waals surface area contributed by atoms with Gasteiger partial charge in [-0.3, -0.25) is 4.90 Å². The molecule has 0 rings (SSSR count). The van der Waals surface area contributed by atoms with Gasteiger partial charge in [-0.2, -0.15) is 0 Å². The first kappa shape index (κ1) is 49.8. The molecule has 0 saturated heterocycles. The lowest BCUT2D eigenvalue weighted by molar-refractivity contribution is 0.00291. The van der Waals surface area contributed by atoms with E-state index in [-0.39, 0.29) is 38.5 Å². The molecule has 0 bridgehead atoms. The van der Waals surface area contributed by atoms with Gasteiger partial charge in [0, 0.05) is 77.7 Å². The van der Waals surface area contributed by atoms with E-state index in [2.05, 4.69) is 34.7 Å². The Morgan fingerprint density at radius 2 is 1.06 bits per heavy atom. The second-order valence-electron chi connectivity index (χ2n) is 13.3. The van der Waals surface area contributed by atoms with Gasteiger partial charge in [0.2, 0.25) is 0 Å². The molecule has 0 aliphatic heterocycles. The average Bonchev–Trinajstić information content (AvgIpc) is 3.03. The van der Waals surface area contributed by atoms with Crippen LogP contribution >= 0.6 is 0 Å². The van der Waals surface area contributed by atoms with Crippen molar-refractivity contribution in [1.82, 2.24) is 20.9 Å². The number of aliphatic hydroxyl groups is 3. The molecule has 0 spiro atoms. The molecule has 0 aromatic heterocycles. The van der Waals surface area contributed by atoms with E-state index in [4.69, 9.17) is 43.0 Å². The molecule has 50 heavy (non-hydrogen) atoms. The van der Waals surface area contributed by atoms with Crippen LogP contribution in [0.5, 0.6) is 0 Å². The maximum Gasteiger partial charge on any atom is 0.492 e. The zero-order chi connectivity index (χ0) is 37.5. The Labute approximate surface area is 302 Å². The van der Waals surface area contributed by atoms with Crippen LogP contribution in [0.25, 0.3) is 0 Å². The first-order valence-corrected chi connectivity index (χ1v) is 22.8. The quantitative estimate of drug-likeness (QED) is 0.0245. The van der Waals surface area contributed by atoms with Crippen molar-refractivity contribution in [2.45, 2.75) is 102 Å². The second-order valence-corrected chi connectivity index (χ2v) is 17.4. The largest absolute Gasteiger partial charge is 0.492 e. The fourth-order valence-electron chi connectivity index (χ4n) is 5.11. The van der Waals surface area contributed by atoms with Gasteiger partial charge in [0.05, 0.1) is 38.1 Å². The SMILES string of the molecule is CCCCC(CC)COCC(O)CN(CCNCCCCCNCC(O)COCCC[Si](O)(O)O)CCNCC(O)COCCC[Si](O)(O)O. The standard InChI is InChI=1S/C32H74N4O12Si2/c1-3-5-11-29(4-2)25-48-28-32(39)24-36(17-15-35-23-31(38)27-47-19-10-21-50(43,44)45)16-14-33-12-7-6-8-13-34-22-30(37)26-46-18-9-20-49(40,41)42/h29-35,37-45H,3-28H2,1-2H3. The van der Waals surface area contributed by atoms with Crippen molar-refractivity contribution in [3.63, 3.8) is 0 Å². The first-order chi connectivity index (χ1) is 23.8. The number of nitrogens with zero attached hydrogens (tertiary/aromatic N) is 1. The monoisotopic (exact) mass is 762 g/mol. The van der Waals surface area contributed by atoms with E-state index in [0.29, 0.717) is 64.7 Å². The Morgan fingerprint density at radius 1 is 0.560 bits per heavy atom. The van der Waals surface area contributed by atoms with E-state index in [1.54, 1.807) is 0 Å². The Hall–Kier alpha value is -0.206. The summed E-state index contributed by atoms with van der Waals surface area (Å²) in [7, 11) is -8.07. The molecule has 0 fully saturated rings. The minimum absolute atomic E-state index is 0.0789. The van der Waals surface area contributed by atoms with Crippen molar-refractivity contribution >= 4 is 17.6 Å². The molecule has 0 aliphatic rings. The highest BCUT2D eigenvalue weighted by Crippen LogP contribution is 2.13. The highest BCUT2D eigenvalue weighted by Gasteiger charge is 2.26. The van der Waals surface area contributed by atoms with Crippen LogP contribution in [-0.2, 0) is 14.2 Å². The number of hydrogen-bond donors (Lipinski definition) is 12. The van der Waals surface area contributed by atoms with Gasteiger partial charge in [0.15, 0.2) is 0 Å². The molecule has 0 saturated carbocycles. The molecule has 0 aromatic rings. The first-order valence-electron chi connectivity index (χ1n) is 18.7. The predicted molar refractivity (Wildman–Crippen MR) is 196 cm³/mol. The summed E-state index contributed by atoms with van der Waals surface area (Å²) in [6, 6.07) is -0.177. The molecule has 0 radical (unpaired) electrons. The fourth-order valence-corrected chi connectivity index (χ4v) is 6.34. The Bertz CT molecular complexity index is 744. The lowest BCUT2D eigenvalue weighted by Crippen LogP contribution is -2.43. The summed E-state index contributed by atoms with van der Waals surface area (Å²) in [5.41, 5.74) is 0. The molecule has 302 valence electrons. The molecule has 4 atom stereocenters. The highest BCUT2D eigenvalue weighted by atomic mass is 28.4. The van der Waals surface area contributed by atoms with Crippen LogP contribution in [0.2, 0.25) is 12.1 Å². The Morgan fingerprint density at radius 3 is 1.58 bits per heavy atom. The van der Waals surface area contributed by atoms with Crippen LogP contribution in [-0.4, -0.2) is 183 Å². The van der Waals surface area contributed by atoms with Crippen molar-refractivity contribution in [1.29, 1.82) is 0 Å². The maximum absolute atomic E-state index is 10.7. The third-order valence-electron chi connectivity index (χ3n) is 8.07. The van der Waals surface area contributed by atoms with Gasteiger partial charge in [-0.05, 0) is 51.1 Å². The number of hydrogen-bond acceptors (Lipinski definition) is 16. The van der Waals surface area contributed by atoms with E-state index in [1.807, 2.05) is 0 Å². The topological polar surface area (TPSA) is 249 Å². The third kappa shape index (κ3) is 36.2. The van der Waals surface area contributed by atoms with Crippen molar-refractivity contribution in [3.05, 3.63) is 0 Å². The van der Waals surface area contributed by atoms with Crippen molar-refractivity contribution in [2.24, 2.45) is 5.92 Å². The third-order valence-corrected chi connectivity index (χ3v) is 10.1. The normalized spacial score (nSPS) is 15.1. The molecule has 12 N–H and O–H groups in total. The minimum atomic E-state index is -4.05. The summed E-state index contributed by atoms with van der Waals surface area (Å²) >= 11 is 0. The van der Waals surface area contributed by atoms with Gasteiger partial charge < -0.3 is 74.3 Å². The van der Waals surface area contributed by atoms with E-state index >= 15 is 0 Å². The van der Waals surface area contributed by atoms with Gasteiger partial charge in [-0.15, -0.1) is 0 Å². The van der Waals surface area contributed by atoms with E-state index in [0.717, 1.165) is 64.7 Å². The van der Waals surface area contributed by atoms with Gasteiger partial charge in [-0.25, -0.2) is 0 Å². The number of unbranched alkanes of at least 4 members (excludes halogenated alkanes) is 3. The van der Waals surface area contributed by atoms with Crippen LogP contribution in [0.1, 0.15) is 71.6 Å². The summed E-state index contributed by atoms with van der Waals surface area (Å²) in [6.45, 7) is 11.7. The van der Waals surface area contributed by atoms with E-state index in [1.165, 1.54) is 6.42 Å². The van der Waals surface area contributed by atoms with Gasteiger partial charge in [0.1, 0.15) is 0 Å². The van der Waals surface area contributed by atoms with Gasteiger partial charge in [-0.1, -0.05) is 39.5 Å². The molecular weight excluding hydrogens is 689 g/mol. The molecule has 0 heterocycles. The summed E-state index contributed by atoms with van der Waals surface area (Å²) in [6.07, 6.45) is 6.22. The Balaban J connectivity index is 4.28. The lowest BCUT2D eigenvalue weighted by Gasteiger charge is -2.26. The zero-order valence-electron chi connectivity index (χ0n) is 30.9. The smallest absolute Gasteiger partial charge is 0.390 e. The Kier molecular flexibility index (Phi) is 32.1. The van der Waals surface area contributed by atoms with Crippen LogP contribution in [0.4, 0.5) is 0 Å². The lowest BCUT2D eigenvalue weighted by atomic mass is 10.0. The zero-order valence-corrected chi connectivity index (χ0v) is 32.9. The molecule has 0 amide bonds.